The van der Waals surface area contributed by atoms with Crippen LogP contribution >= 0.6 is 15.9 Å². The minimum Gasteiger partial charge on any atom is -0.433 e. The Morgan fingerprint density at radius 2 is 2.00 bits per heavy atom. The monoisotopic (exact) mass is 255 g/mol. The van der Waals surface area contributed by atoms with Crippen LogP contribution in [0.5, 0.6) is 5.75 Å². The van der Waals surface area contributed by atoms with Gasteiger partial charge in [-0.15, -0.1) is 0 Å². The van der Waals surface area contributed by atoms with Crippen LogP contribution < -0.4 is 10.5 Å². The molecule has 1 aromatic carbocycles. The summed E-state index contributed by atoms with van der Waals surface area (Å²) in [5.74, 6) is -1.05. The van der Waals surface area contributed by atoms with E-state index >= 15 is 0 Å². The summed E-state index contributed by atoms with van der Waals surface area (Å²) < 4.78 is 40.2. The van der Waals surface area contributed by atoms with Gasteiger partial charge < -0.3 is 10.5 Å². The third kappa shape index (κ3) is 2.51. The molecule has 13 heavy (non-hydrogen) atoms. The Labute approximate surface area is 80.6 Å². The lowest BCUT2D eigenvalue weighted by atomic mass is 10.3. The number of rotatable bonds is 2. The van der Waals surface area contributed by atoms with Crippen molar-refractivity contribution in [3.63, 3.8) is 0 Å². The number of halogens is 4. The maximum absolute atomic E-state index is 12.8. The SMILES string of the molecule is Nc1cc(F)c(Br)c(OC(F)F)c1. The smallest absolute Gasteiger partial charge is 0.387 e. The van der Waals surface area contributed by atoms with Crippen LogP contribution in [0.3, 0.4) is 0 Å². The van der Waals surface area contributed by atoms with E-state index in [0.717, 1.165) is 12.1 Å². The van der Waals surface area contributed by atoms with Gasteiger partial charge >= 0.3 is 6.61 Å². The van der Waals surface area contributed by atoms with E-state index < -0.39 is 12.4 Å². The molecule has 0 aromatic heterocycles. The fraction of sp³-hybridized carbons (Fsp3) is 0.143. The predicted octanol–water partition coefficient (Wildman–Crippen LogP) is 2.77. The average Bonchev–Trinajstić information content (AvgIpc) is 1.98. The van der Waals surface area contributed by atoms with Crippen molar-refractivity contribution < 1.29 is 17.9 Å². The van der Waals surface area contributed by atoms with Crippen molar-refractivity contribution in [1.82, 2.24) is 0 Å². The summed E-state index contributed by atoms with van der Waals surface area (Å²) in [4.78, 5) is 0. The van der Waals surface area contributed by atoms with E-state index in [-0.39, 0.29) is 15.9 Å². The maximum atomic E-state index is 12.8. The topological polar surface area (TPSA) is 35.2 Å². The van der Waals surface area contributed by atoms with Crippen molar-refractivity contribution >= 4 is 21.6 Å². The molecule has 0 aliphatic rings. The summed E-state index contributed by atoms with van der Waals surface area (Å²) in [5.41, 5.74) is 5.24. The number of hydrogen-bond acceptors (Lipinski definition) is 2. The third-order valence-electron chi connectivity index (χ3n) is 1.23. The van der Waals surface area contributed by atoms with E-state index in [1.165, 1.54) is 0 Å². The van der Waals surface area contributed by atoms with Crippen LogP contribution in [0.15, 0.2) is 16.6 Å². The minimum atomic E-state index is -3.00. The molecule has 1 aromatic rings. The molecule has 2 N–H and O–H groups in total. The van der Waals surface area contributed by atoms with Crippen LogP contribution in [0, 0.1) is 5.82 Å². The summed E-state index contributed by atoms with van der Waals surface area (Å²) in [5, 5.41) is 0. The molecule has 0 heterocycles. The van der Waals surface area contributed by atoms with Crippen LogP contribution in [0.25, 0.3) is 0 Å². The van der Waals surface area contributed by atoms with Gasteiger partial charge in [0.05, 0.1) is 4.47 Å². The van der Waals surface area contributed by atoms with E-state index in [9.17, 15) is 13.2 Å². The lowest BCUT2D eigenvalue weighted by Crippen LogP contribution is -2.03. The largest absolute Gasteiger partial charge is 0.433 e. The van der Waals surface area contributed by atoms with Gasteiger partial charge in [0, 0.05) is 11.8 Å². The predicted molar refractivity (Wildman–Crippen MR) is 45.1 cm³/mol. The molecule has 72 valence electrons. The summed E-state index contributed by atoms with van der Waals surface area (Å²) in [6.45, 7) is -3.00. The molecular formula is C7H5BrF3NO. The first kappa shape index (κ1) is 10.2. The fourth-order valence-electron chi connectivity index (χ4n) is 0.766. The van der Waals surface area contributed by atoms with Gasteiger partial charge in [-0.25, -0.2) is 4.39 Å². The Kier molecular flexibility index (Phi) is 3.02. The van der Waals surface area contributed by atoms with Gasteiger partial charge in [0.25, 0.3) is 0 Å². The van der Waals surface area contributed by atoms with Gasteiger partial charge in [-0.1, -0.05) is 0 Å². The van der Waals surface area contributed by atoms with Crippen molar-refractivity contribution in [2.45, 2.75) is 6.61 Å². The number of benzene rings is 1. The second-order valence-electron chi connectivity index (χ2n) is 2.19. The number of ether oxygens (including phenoxy) is 1. The van der Waals surface area contributed by atoms with E-state index in [1.807, 2.05) is 0 Å². The van der Waals surface area contributed by atoms with Crippen molar-refractivity contribution in [2.24, 2.45) is 0 Å². The van der Waals surface area contributed by atoms with Gasteiger partial charge in [-0.2, -0.15) is 8.78 Å². The summed E-state index contributed by atoms with van der Waals surface area (Å²) in [7, 11) is 0. The highest BCUT2D eigenvalue weighted by Crippen LogP contribution is 2.31. The lowest BCUT2D eigenvalue weighted by Gasteiger charge is -2.07. The van der Waals surface area contributed by atoms with Crippen LogP contribution in [-0.2, 0) is 0 Å². The number of nitrogen functional groups attached to an aromatic ring is 1. The molecule has 0 bridgehead atoms. The van der Waals surface area contributed by atoms with Crippen molar-refractivity contribution in [2.75, 3.05) is 5.73 Å². The van der Waals surface area contributed by atoms with E-state index in [2.05, 4.69) is 20.7 Å². The Morgan fingerprint density at radius 3 is 2.54 bits per heavy atom. The molecule has 1 rings (SSSR count). The standard InChI is InChI=1S/C7H5BrF3NO/c8-6-4(9)1-3(12)2-5(6)13-7(10)11/h1-2,7H,12H2. The molecule has 2 nitrogen and oxygen atoms in total. The number of hydrogen-bond donors (Lipinski definition) is 1. The highest BCUT2D eigenvalue weighted by atomic mass is 79.9. The second kappa shape index (κ2) is 3.87. The molecule has 0 unspecified atom stereocenters. The zero-order chi connectivity index (χ0) is 10.0. The molecule has 0 aliphatic carbocycles. The third-order valence-corrected chi connectivity index (χ3v) is 2.00. The molecule has 0 radical (unpaired) electrons. The zero-order valence-corrected chi connectivity index (χ0v) is 7.82. The fourth-order valence-corrected chi connectivity index (χ4v) is 1.09. The Bertz CT molecular complexity index is 319. The van der Waals surface area contributed by atoms with Crippen molar-refractivity contribution in [3.8, 4) is 5.75 Å². The van der Waals surface area contributed by atoms with E-state index in [1.54, 1.807) is 0 Å². The number of anilines is 1. The van der Waals surface area contributed by atoms with Crippen molar-refractivity contribution in [1.29, 1.82) is 0 Å². The molecule has 6 heteroatoms. The lowest BCUT2D eigenvalue weighted by molar-refractivity contribution is -0.0504. The zero-order valence-electron chi connectivity index (χ0n) is 6.23. The normalized spacial score (nSPS) is 10.5. The molecule has 0 saturated heterocycles. The highest BCUT2D eigenvalue weighted by molar-refractivity contribution is 9.10. The molecule has 0 atom stereocenters. The first-order valence-corrected chi connectivity index (χ1v) is 3.99. The van der Waals surface area contributed by atoms with Crippen LogP contribution in [-0.4, -0.2) is 6.61 Å². The van der Waals surface area contributed by atoms with Crippen LogP contribution in [0.4, 0.5) is 18.9 Å². The first-order valence-electron chi connectivity index (χ1n) is 3.20. The molecule has 0 amide bonds. The Hall–Kier alpha value is -0.910. The maximum Gasteiger partial charge on any atom is 0.387 e. The Balaban J connectivity index is 3.05. The van der Waals surface area contributed by atoms with Crippen LogP contribution in [0.2, 0.25) is 0 Å². The molecular weight excluding hydrogens is 251 g/mol. The quantitative estimate of drug-likeness (QED) is 0.825. The molecule has 0 saturated carbocycles. The molecule has 0 aliphatic heterocycles. The van der Waals surface area contributed by atoms with Gasteiger partial charge in [0.15, 0.2) is 0 Å². The average molecular weight is 256 g/mol. The second-order valence-corrected chi connectivity index (χ2v) is 2.99. The summed E-state index contributed by atoms with van der Waals surface area (Å²) in [6, 6.07) is 2.11. The summed E-state index contributed by atoms with van der Waals surface area (Å²) in [6.07, 6.45) is 0. The Morgan fingerprint density at radius 1 is 1.38 bits per heavy atom. The van der Waals surface area contributed by atoms with Gasteiger partial charge in [0.2, 0.25) is 0 Å². The van der Waals surface area contributed by atoms with Gasteiger partial charge in [0.1, 0.15) is 11.6 Å². The van der Waals surface area contributed by atoms with Gasteiger partial charge in [-0.05, 0) is 22.0 Å². The van der Waals surface area contributed by atoms with Crippen molar-refractivity contribution in [3.05, 3.63) is 22.4 Å². The first-order chi connectivity index (χ1) is 6.00. The summed E-state index contributed by atoms with van der Waals surface area (Å²) >= 11 is 2.75. The number of alkyl halides is 2. The van der Waals surface area contributed by atoms with Gasteiger partial charge in [-0.3, -0.25) is 0 Å². The highest BCUT2D eigenvalue weighted by Gasteiger charge is 2.12. The van der Waals surface area contributed by atoms with E-state index in [4.69, 9.17) is 5.73 Å². The van der Waals surface area contributed by atoms with E-state index in [0.29, 0.717) is 0 Å². The molecule has 0 fully saturated rings. The van der Waals surface area contributed by atoms with Crippen LogP contribution in [0.1, 0.15) is 0 Å². The minimum absolute atomic E-state index is 0.0244. The molecule has 0 spiro atoms. The number of nitrogens with two attached hydrogens (primary N) is 1.